The topological polar surface area (TPSA) is 55.8 Å². The van der Waals surface area contributed by atoms with Gasteiger partial charge in [-0.15, -0.1) is 0 Å². The van der Waals surface area contributed by atoms with E-state index in [0.717, 1.165) is 16.7 Å². The van der Waals surface area contributed by atoms with Crippen molar-refractivity contribution in [3.05, 3.63) is 58.7 Å². The van der Waals surface area contributed by atoms with E-state index in [-0.39, 0.29) is 6.10 Å². The summed E-state index contributed by atoms with van der Waals surface area (Å²) < 4.78 is 39.2. The van der Waals surface area contributed by atoms with E-state index in [1.54, 1.807) is 26.2 Å². The monoisotopic (exact) mass is 375 g/mol. The van der Waals surface area contributed by atoms with Gasteiger partial charge in [0.15, 0.2) is 0 Å². The second kappa shape index (κ2) is 7.39. The van der Waals surface area contributed by atoms with Gasteiger partial charge in [-0.2, -0.15) is 4.31 Å². The maximum atomic E-state index is 13.3. The Bertz CT molecular complexity index is 908. The number of hydrogen-bond acceptors (Lipinski definition) is 4. The van der Waals surface area contributed by atoms with Crippen LogP contribution in [0.15, 0.2) is 41.3 Å². The molecule has 1 unspecified atom stereocenters. The molecule has 26 heavy (non-hydrogen) atoms. The van der Waals surface area contributed by atoms with Crippen molar-refractivity contribution in [3.63, 3.8) is 0 Å². The molecule has 1 saturated heterocycles. The van der Waals surface area contributed by atoms with Crippen LogP contribution in [0.4, 0.5) is 0 Å². The maximum Gasteiger partial charge on any atom is 0.243 e. The summed E-state index contributed by atoms with van der Waals surface area (Å²) in [6.07, 6.45) is -0.251. The number of morpholine rings is 1. The molecule has 1 fully saturated rings. The molecule has 6 heteroatoms. The Morgan fingerprint density at radius 3 is 2.50 bits per heavy atom. The second-order valence-electron chi connectivity index (χ2n) is 6.67. The molecule has 0 radical (unpaired) electrons. The minimum absolute atomic E-state index is 0.251. The third-order valence-corrected chi connectivity index (χ3v) is 6.88. The van der Waals surface area contributed by atoms with Gasteiger partial charge in [0, 0.05) is 13.1 Å². The average Bonchev–Trinajstić information content (AvgIpc) is 2.63. The van der Waals surface area contributed by atoms with Crippen LogP contribution in [0.25, 0.3) is 0 Å². The lowest BCUT2D eigenvalue weighted by Crippen LogP contribution is -2.42. The highest BCUT2D eigenvalue weighted by molar-refractivity contribution is 7.89. The smallest absolute Gasteiger partial charge is 0.243 e. The zero-order valence-corrected chi connectivity index (χ0v) is 16.5. The van der Waals surface area contributed by atoms with E-state index in [2.05, 4.69) is 0 Å². The van der Waals surface area contributed by atoms with Crippen molar-refractivity contribution in [1.29, 1.82) is 0 Å². The van der Waals surface area contributed by atoms with Gasteiger partial charge in [0.1, 0.15) is 5.75 Å². The summed E-state index contributed by atoms with van der Waals surface area (Å²) in [5.41, 5.74) is 3.63. The lowest BCUT2D eigenvalue weighted by Gasteiger charge is -2.33. The summed E-state index contributed by atoms with van der Waals surface area (Å²) in [5, 5.41) is 0. The van der Waals surface area contributed by atoms with Crippen LogP contribution in [0.3, 0.4) is 0 Å². The predicted octanol–water partition coefficient (Wildman–Crippen LogP) is 3.38. The number of aryl methyl sites for hydroxylation is 3. The molecule has 1 atom stereocenters. The number of nitrogens with zero attached hydrogens (tertiary/aromatic N) is 1. The molecule has 0 N–H and O–H groups in total. The normalized spacial score (nSPS) is 18.7. The first kappa shape index (κ1) is 18.9. The van der Waals surface area contributed by atoms with Crippen LogP contribution in [0.2, 0.25) is 0 Å². The van der Waals surface area contributed by atoms with Gasteiger partial charge < -0.3 is 9.47 Å². The fourth-order valence-corrected chi connectivity index (χ4v) is 5.10. The van der Waals surface area contributed by atoms with Crippen molar-refractivity contribution >= 4 is 10.0 Å². The molecule has 0 aliphatic carbocycles. The summed E-state index contributed by atoms with van der Waals surface area (Å²) in [7, 11) is -2.01. The fourth-order valence-electron chi connectivity index (χ4n) is 3.38. The van der Waals surface area contributed by atoms with Crippen LogP contribution in [0.1, 0.15) is 28.4 Å². The van der Waals surface area contributed by atoms with E-state index in [9.17, 15) is 8.42 Å². The minimum Gasteiger partial charge on any atom is -0.496 e. The first-order valence-electron chi connectivity index (χ1n) is 8.67. The summed E-state index contributed by atoms with van der Waals surface area (Å²) >= 11 is 0. The number of methoxy groups -OCH3 is 1. The van der Waals surface area contributed by atoms with Crippen LogP contribution in [-0.2, 0) is 14.8 Å². The summed E-state index contributed by atoms with van der Waals surface area (Å²) in [6, 6.07) is 11.4. The molecule has 0 amide bonds. The Morgan fingerprint density at radius 2 is 1.81 bits per heavy atom. The Labute approximate surface area is 155 Å². The molecule has 1 aliphatic rings. The summed E-state index contributed by atoms with van der Waals surface area (Å²) in [6.45, 7) is 6.73. The zero-order chi connectivity index (χ0) is 18.9. The molecule has 1 heterocycles. The number of rotatable bonds is 4. The highest BCUT2D eigenvalue weighted by Crippen LogP contribution is 2.31. The molecule has 2 aromatic carbocycles. The van der Waals surface area contributed by atoms with E-state index < -0.39 is 10.0 Å². The Balaban J connectivity index is 1.93. The second-order valence-corrected chi connectivity index (χ2v) is 8.57. The van der Waals surface area contributed by atoms with Gasteiger partial charge in [-0.3, -0.25) is 0 Å². The highest BCUT2D eigenvalue weighted by Gasteiger charge is 2.33. The molecule has 1 aliphatic heterocycles. The van der Waals surface area contributed by atoms with Gasteiger partial charge in [-0.25, -0.2) is 8.42 Å². The fraction of sp³-hybridized carbons (Fsp3) is 0.400. The molecular weight excluding hydrogens is 350 g/mol. The van der Waals surface area contributed by atoms with Gasteiger partial charge in [-0.1, -0.05) is 24.3 Å². The molecule has 5 nitrogen and oxygen atoms in total. The number of sulfonamides is 1. The molecule has 3 rings (SSSR count). The molecule has 0 spiro atoms. The van der Waals surface area contributed by atoms with Crippen LogP contribution in [-0.4, -0.2) is 39.5 Å². The minimum atomic E-state index is -3.60. The molecule has 2 aromatic rings. The van der Waals surface area contributed by atoms with Crippen LogP contribution in [0.5, 0.6) is 5.75 Å². The van der Waals surface area contributed by atoms with Crippen molar-refractivity contribution in [2.24, 2.45) is 0 Å². The van der Waals surface area contributed by atoms with Crippen molar-refractivity contribution in [1.82, 2.24) is 4.31 Å². The average molecular weight is 375 g/mol. The SMILES string of the molecule is COc1cc(C)c(S(=O)(=O)N2CCOC(c3ccccc3C)C2)cc1C. The van der Waals surface area contributed by atoms with Gasteiger partial charge in [0.25, 0.3) is 0 Å². The van der Waals surface area contributed by atoms with Crippen LogP contribution in [0, 0.1) is 20.8 Å². The van der Waals surface area contributed by atoms with Gasteiger partial charge >= 0.3 is 0 Å². The number of ether oxygens (including phenoxy) is 2. The van der Waals surface area contributed by atoms with E-state index in [0.29, 0.717) is 35.9 Å². The third kappa shape index (κ3) is 3.49. The lowest BCUT2D eigenvalue weighted by molar-refractivity contribution is -0.00290. The first-order chi connectivity index (χ1) is 12.3. The van der Waals surface area contributed by atoms with E-state index in [1.165, 1.54) is 4.31 Å². The van der Waals surface area contributed by atoms with Crippen molar-refractivity contribution < 1.29 is 17.9 Å². The van der Waals surface area contributed by atoms with Gasteiger partial charge in [0.2, 0.25) is 10.0 Å². The van der Waals surface area contributed by atoms with Crippen LogP contribution < -0.4 is 4.74 Å². The standard InChI is InChI=1S/C20H25NO4S/c1-14-7-5-6-8-17(14)19-13-21(9-10-25-19)26(22,23)20-12-15(2)18(24-4)11-16(20)3/h5-8,11-12,19H,9-10,13H2,1-4H3. The molecule has 0 bridgehead atoms. The van der Waals surface area contributed by atoms with Gasteiger partial charge in [-0.05, 0) is 55.2 Å². The molecule has 0 saturated carbocycles. The Morgan fingerprint density at radius 1 is 1.08 bits per heavy atom. The summed E-state index contributed by atoms with van der Waals surface area (Å²) in [5.74, 6) is 0.696. The lowest BCUT2D eigenvalue weighted by atomic mass is 10.0. The molecular formula is C20H25NO4S. The molecule has 0 aromatic heterocycles. The largest absolute Gasteiger partial charge is 0.496 e. The van der Waals surface area contributed by atoms with Crippen molar-refractivity contribution in [3.8, 4) is 5.75 Å². The predicted molar refractivity (Wildman–Crippen MR) is 101 cm³/mol. The summed E-state index contributed by atoms with van der Waals surface area (Å²) in [4.78, 5) is 0.334. The van der Waals surface area contributed by atoms with Crippen LogP contribution >= 0.6 is 0 Å². The Kier molecular flexibility index (Phi) is 5.37. The zero-order valence-electron chi connectivity index (χ0n) is 15.7. The van der Waals surface area contributed by atoms with E-state index in [1.807, 2.05) is 38.1 Å². The number of benzene rings is 2. The quantitative estimate of drug-likeness (QED) is 0.822. The van der Waals surface area contributed by atoms with Crippen molar-refractivity contribution in [2.45, 2.75) is 31.8 Å². The van der Waals surface area contributed by atoms with E-state index in [4.69, 9.17) is 9.47 Å². The molecule has 140 valence electrons. The highest BCUT2D eigenvalue weighted by atomic mass is 32.2. The van der Waals surface area contributed by atoms with Crippen molar-refractivity contribution in [2.75, 3.05) is 26.8 Å². The first-order valence-corrected chi connectivity index (χ1v) is 10.1. The Hall–Kier alpha value is -1.89. The van der Waals surface area contributed by atoms with E-state index >= 15 is 0 Å². The maximum absolute atomic E-state index is 13.3. The van der Waals surface area contributed by atoms with Gasteiger partial charge in [0.05, 0.1) is 24.7 Å². The number of hydrogen-bond donors (Lipinski definition) is 0. The third-order valence-electron chi connectivity index (χ3n) is 4.87.